The number of carbonyl (C=O) groups is 2. The van der Waals surface area contributed by atoms with E-state index in [2.05, 4.69) is 21.2 Å². The Hall–Kier alpha value is -1.92. The highest BCUT2D eigenvalue weighted by Crippen LogP contribution is 2.16. The number of ether oxygens (including phenoxy) is 1. The molecule has 0 unspecified atom stereocenters. The van der Waals surface area contributed by atoms with Crippen LogP contribution >= 0.6 is 27.5 Å². The maximum Gasteiger partial charge on any atom is 0.341 e. The van der Waals surface area contributed by atoms with Gasteiger partial charge in [-0.2, -0.15) is 0 Å². The Bertz CT molecular complexity index is 739. The van der Waals surface area contributed by atoms with Gasteiger partial charge in [-0.1, -0.05) is 45.7 Å². The zero-order chi connectivity index (χ0) is 16.8. The molecule has 4 nitrogen and oxygen atoms in total. The van der Waals surface area contributed by atoms with Gasteiger partial charge in [-0.05, 0) is 29.8 Å². The van der Waals surface area contributed by atoms with Gasteiger partial charge >= 0.3 is 5.97 Å². The van der Waals surface area contributed by atoms with E-state index in [-0.39, 0.29) is 12.1 Å². The van der Waals surface area contributed by atoms with Crippen LogP contribution in [-0.4, -0.2) is 18.5 Å². The second-order valence-corrected chi connectivity index (χ2v) is 5.89. The van der Waals surface area contributed by atoms with Crippen LogP contribution in [0.5, 0.6) is 0 Å². The largest absolute Gasteiger partial charge is 0.452 e. The van der Waals surface area contributed by atoms with Crippen LogP contribution in [-0.2, 0) is 16.1 Å². The molecule has 2 aromatic rings. The first-order chi connectivity index (χ1) is 11.0. The summed E-state index contributed by atoms with van der Waals surface area (Å²) < 4.78 is 18.9. The molecule has 0 radical (unpaired) electrons. The van der Waals surface area contributed by atoms with Gasteiger partial charge in [0.25, 0.3) is 5.91 Å². The van der Waals surface area contributed by atoms with Gasteiger partial charge in [0.1, 0.15) is 5.82 Å². The van der Waals surface area contributed by atoms with E-state index < -0.39 is 24.3 Å². The number of hydrogen-bond donors (Lipinski definition) is 1. The second-order valence-electron chi connectivity index (χ2n) is 4.57. The first-order valence-corrected chi connectivity index (χ1v) is 7.77. The van der Waals surface area contributed by atoms with Gasteiger partial charge in [0.05, 0.1) is 5.56 Å². The van der Waals surface area contributed by atoms with E-state index in [0.29, 0.717) is 9.50 Å². The van der Waals surface area contributed by atoms with E-state index in [1.165, 1.54) is 12.1 Å². The molecule has 0 aliphatic heterocycles. The lowest BCUT2D eigenvalue weighted by molar-refractivity contribution is -0.124. The molecule has 120 valence electrons. The van der Waals surface area contributed by atoms with Crippen molar-refractivity contribution in [3.63, 3.8) is 0 Å². The second kappa shape index (κ2) is 8.08. The van der Waals surface area contributed by atoms with E-state index in [0.717, 1.165) is 11.6 Å². The summed E-state index contributed by atoms with van der Waals surface area (Å²) in [6.07, 6.45) is 0. The molecule has 0 saturated heterocycles. The van der Waals surface area contributed by atoms with Gasteiger partial charge in [0.15, 0.2) is 6.61 Å². The number of amides is 1. The van der Waals surface area contributed by atoms with Crippen molar-refractivity contribution >= 4 is 39.4 Å². The van der Waals surface area contributed by atoms with Gasteiger partial charge in [-0.15, -0.1) is 0 Å². The van der Waals surface area contributed by atoms with Crippen LogP contribution in [0.25, 0.3) is 0 Å². The number of halogens is 3. The van der Waals surface area contributed by atoms with Gasteiger partial charge in [-0.25, -0.2) is 9.18 Å². The number of carbonyl (C=O) groups excluding carboxylic acids is 2. The highest BCUT2D eigenvalue weighted by Gasteiger charge is 2.15. The minimum atomic E-state index is -0.900. The number of esters is 1. The van der Waals surface area contributed by atoms with Crippen LogP contribution in [0.2, 0.25) is 5.02 Å². The Morgan fingerprint density at radius 3 is 2.65 bits per heavy atom. The van der Waals surface area contributed by atoms with Crippen LogP contribution in [0.4, 0.5) is 4.39 Å². The van der Waals surface area contributed by atoms with Crippen LogP contribution in [0.3, 0.4) is 0 Å². The van der Waals surface area contributed by atoms with Gasteiger partial charge in [-0.3, -0.25) is 4.79 Å². The summed E-state index contributed by atoms with van der Waals surface area (Å²) in [6, 6.07) is 11.0. The number of benzene rings is 2. The predicted octanol–water partition coefficient (Wildman–Crippen LogP) is 3.71. The van der Waals surface area contributed by atoms with Gasteiger partial charge in [0, 0.05) is 16.0 Å². The molecule has 0 aliphatic rings. The molecule has 0 aromatic heterocycles. The normalized spacial score (nSPS) is 10.2. The van der Waals surface area contributed by atoms with Crippen LogP contribution in [0, 0.1) is 5.82 Å². The van der Waals surface area contributed by atoms with Crippen molar-refractivity contribution in [1.82, 2.24) is 5.32 Å². The standard InChI is InChI=1S/C16H12BrClFNO3/c17-11-5-6-12(14(19)7-11)16(22)23-9-15(21)20-8-10-3-1-2-4-13(10)18/h1-7H,8-9H2,(H,20,21). The molecule has 2 rings (SSSR count). The third-order valence-corrected chi connectivity index (χ3v) is 3.78. The first-order valence-electron chi connectivity index (χ1n) is 6.59. The van der Waals surface area contributed by atoms with Crippen LogP contribution in [0.1, 0.15) is 15.9 Å². The minimum absolute atomic E-state index is 0.211. The Morgan fingerprint density at radius 1 is 1.22 bits per heavy atom. The zero-order valence-electron chi connectivity index (χ0n) is 11.8. The predicted molar refractivity (Wildman–Crippen MR) is 87.7 cm³/mol. The van der Waals surface area contributed by atoms with E-state index in [9.17, 15) is 14.0 Å². The summed E-state index contributed by atoms with van der Waals surface area (Å²) in [6.45, 7) is -0.290. The molecular weight excluding hydrogens is 389 g/mol. The summed E-state index contributed by atoms with van der Waals surface area (Å²) in [4.78, 5) is 23.4. The summed E-state index contributed by atoms with van der Waals surface area (Å²) in [7, 11) is 0. The number of rotatable bonds is 5. The molecule has 2 aromatic carbocycles. The summed E-state index contributed by atoms with van der Waals surface area (Å²) in [5.41, 5.74) is 0.514. The minimum Gasteiger partial charge on any atom is -0.452 e. The fourth-order valence-corrected chi connectivity index (χ4v) is 2.29. The van der Waals surface area contributed by atoms with Crippen LogP contribution in [0.15, 0.2) is 46.9 Å². The molecule has 0 fully saturated rings. The summed E-state index contributed by atoms with van der Waals surface area (Å²) in [5, 5.41) is 3.10. The van der Waals surface area contributed by atoms with Crippen molar-refractivity contribution in [3.8, 4) is 0 Å². The molecule has 0 heterocycles. The third kappa shape index (κ3) is 5.04. The first kappa shape index (κ1) is 17.4. The molecule has 7 heteroatoms. The van der Waals surface area contributed by atoms with E-state index in [4.69, 9.17) is 16.3 Å². The molecule has 0 bridgehead atoms. The maximum absolute atomic E-state index is 13.6. The van der Waals surface area contributed by atoms with Gasteiger partial charge < -0.3 is 10.1 Å². The topological polar surface area (TPSA) is 55.4 Å². The van der Waals surface area contributed by atoms with Crippen molar-refractivity contribution in [1.29, 1.82) is 0 Å². The SMILES string of the molecule is O=C(COC(=O)c1ccc(Br)cc1F)NCc1ccccc1Cl. The van der Waals surface area contributed by atoms with Crippen molar-refractivity contribution in [2.24, 2.45) is 0 Å². The lowest BCUT2D eigenvalue weighted by Crippen LogP contribution is -2.28. The fraction of sp³-hybridized carbons (Fsp3) is 0.125. The Morgan fingerprint density at radius 2 is 1.96 bits per heavy atom. The quantitative estimate of drug-likeness (QED) is 0.779. The van der Waals surface area contributed by atoms with E-state index >= 15 is 0 Å². The molecule has 23 heavy (non-hydrogen) atoms. The average Bonchev–Trinajstić information content (AvgIpc) is 2.52. The molecule has 0 atom stereocenters. The summed E-state index contributed by atoms with van der Waals surface area (Å²) in [5.74, 6) is -2.13. The van der Waals surface area contributed by atoms with Crippen molar-refractivity contribution in [2.75, 3.05) is 6.61 Å². The van der Waals surface area contributed by atoms with Gasteiger partial charge in [0.2, 0.25) is 0 Å². The smallest absolute Gasteiger partial charge is 0.341 e. The maximum atomic E-state index is 13.6. The molecular formula is C16H12BrClFNO3. The molecule has 0 spiro atoms. The average molecular weight is 401 g/mol. The lowest BCUT2D eigenvalue weighted by Gasteiger charge is -2.08. The lowest BCUT2D eigenvalue weighted by atomic mass is 10.2. The Kier molecular flexibility index (Phi) is 6.12. The van der Waals surface area contributed by atoms with Crippen molar-refractivity contribution in [2.45, 2.75) is 6.54 Å². The highest BCUT2D eigenvalue weighted by molar-refractivity contribution is 9.10. The Labute approximate surface area is 145 Å². The Balaban J connectivity index is 1.84. The summed E-state index contributed by atoms with van der Waals surface area (Å²) >= 11 is 9.05. The molecule has 1 N–H and O–H groups in total. The monoisotopic (exact) mass is 399 g/mol. The van der Waals surface area contributed by atoms with Crippen molar-refractivity contribution < 1.29 is 18.7 Å². The zero-order valence-corrected chi connectivity index (χ0v) is 14.2. The van der Waals surface area contributed by atoms with Crippen molar-refractivity contribution in [3.05, 3.63) is 68.9 Å². The fourth-order valence-electron chi connectivity index (χ4n) is 1.75. The highest BCUT2D eigenvalue weighted by atomic mass is 79.9. The molecule has 0 aliphatic carbocycles. The van der Waals surface area contributed by atoms with Crippen LogP contribution < -0.4 is 5.32 Å². The third-order valence-electron chi connectivity index (χ3n) is 2.92. The number of nitrogens with one attached hydrogen (secondary N) is 1. The van der Waals surface area contributed by atoms with E-state index in [1.54, 1.807) is 24.3 Å². The molecule has 1 amide bonds. The number of hydrogen-bond acceptors (Lipinski definition) is 3. The molecule has 0 saturated carbocycles. The van der Waals surface area contributed by atoms with E-state index in [1.807, 2.05) is 0 Å².